The van der Waals surface area contributed by atoms with Crippen LogP contribution < -0.4 is 35.3 Å². The zero-order chi connectivity index (χ0) is 54.0. The molecular weight excluding hydrogens is 1160 g/mol. The summed E-state index contributed by atoms with van der Waals surface area (Å²) in [6.07, 6.45) is 1.93. The summed E-state index contributed by atoms with van der Waals surface area (Å²) < 4.78 is 9.16. The third-order valence-corrected chi connectivity index (χ3v) is 20.3. The van der Waals surface area contributed by atoms with Gasteiger partial charge < -0.3 is 19.1 Å². The van der Waals surface area contributed by atoms with Crippen molar-refractivity contribution >= 4 is 73.4 Å². The minimum Gasteiger partial charge on any atom is -0.509 e. The quantitative estimate of drug-likeness (QED) is 0.0776. The SMILES string of the molecule is CC(C)(C)c1cc(-c2cccc3c2N(c2ccccc2)[CH-]N3c2[c-]c(Oc3[c-]c4c(cc3)c3cc([Si](c5ccccc5)(c5ccccc5)c5ccccc5)ccc3n4-c3cc(C(C)(C)C)ccn3)ccc2)cc(C(C)(C)C)c1.[Pt]. The largest absolute Gasteiger partial charge is 0.509 e. The van der Waals surface area contributed by atoms with Crippen LogP contribution in [-0.2, 0) is 37.3 Å². The van der Waals surface area contributed by atoms with E-state index in [1.165, 1.54) is 48.6 Å². The van der Waals surface area contributed by atoms with Gasteiger partial charge in [0.15, 0.2) is 8.07 Å². The van der Waals surface area contributed by atoms with Crippen LogP contribution in [-0.4, -0.2) is 17.6 Å². The van der Waals surface area contributed by atoms with Crippen LogP contribution in [0.3, 0.4) is 0 Å². The molecule has 2 aromatic heterocycles. The smallest absolute Gasteiger partial charge is 0.179 e. The number of hydrogen-bond donors (Lipinski definition) is 0. The van der Waals surface area contributed by atoms with Gasteiger partial charge in [-0.2, -0.15) is 12.1 Å². The van der Waals surface area contributed by atoms with E-state index in [0.717, 1.165) is 50.4 Å². The van der Waals surface area contributed by atoms with Crippen LogP contribution >= 0.6 is 0 Å². The van der Waals surface area contributed by atoms with E-state index in [1.54, 1.807) is 0 Å². The molecule has 0 atom stereocenters. The van der Waals surface area contributed by atoms with Gasteiger partial charge in [-0.1, -0.05) is 219 Å². The van der Waals surface area contributed by atoms with Crippen molar-refractivity contribution in [2.45, 2.75) is 78.6 Å². The topological polar surface area (TPSA) is 33.5 Å². The second-order valence-electron chi connectivity index (χ2n) is 23.8. The molecule has 0 radical (unpaired) electrons. The Balaban J connectivity index is 0.00000660. The van der Waals surface area contributed by atoms with Gasteiger partial charge >= 0.3 is 0 Å². The summed E-state index contributed by atoms with van der Waals surface area (Å²) in [6, 6.07) is 87.1. The van der Waals surface area contributed by atoms with E-state index in [9.17, 15) is 0 Å². The fourth-order valence-electron chi connectivity index (χ4n) is 11.4. The summed E-state index contributed by atoms with van der Waals surface area (Å²) in [6.45, 7) is 22.7. The van der Waals surface area contributed by atoms with Crippen molar-refractivity contribution in [1.82, 2.24) is 9.55 Å². The van der Waals surface area contributed by atoms with Crippen molar-refractivity contribution in [3.8, 4) is 28.4 Å². The Morgan fingerprint density at radius 1 is 0.468 bits per heavy atom. The summed E-state index contributed by atoms with van der Waals surface area (Å²) in [4.78, 5) is 9.62. The van der Waals surface area contributed by atoms with E-state index >= 15 is 0 Å². The van der Waals surface area contributed by atoms with Gasteiger partial charge in [-0.3, -0.25) is 0 Å². The Labute approximate surface area is 482 Å². The van der Waals surface area contributed by atoms with Gasteiger partial charge in [0.05, 0.1) is 0 Å². The zero-order valence-electron chi connectivity index (χ0n) is 46.5. The Hall–Kier alpha value is -7.76. The molecule has 7 heteroatoms. The first kappa shape index (κ1) is 53.2. The zero-order valence-corrected chi connectivity index (χ0v) is 49.7. The van der Waals surface area contributed by atoms with Gasteiger partial charge in [0.1, 0.15) is 5.82 Å². The maximum Gasteiger partial charge on any atom is 0.179 e. The minimum atomic E-state index is -2.85. The van der Waals surface area contributed by atoms with Gasteiger partial charge in [-0.25, -0.2) is 4.98 Å². The molecule has 79 heavy (non-hydrogen) atoms. The molecule has 0 N–H and O–H groups in total. The number of benzene rings is 9. The Morgan fingerprint density at radius 2 is 1.04 bits per heavy atom. The number of ether oxygens (including phenoxy) is 1. The molecule has 1 aliphatic rings. The molecule has 5 nitrogen and oxygen atoms in total. The van der Waals surface area contributed by atoms with Gasteiger partial charge in [0, 0.05) is 66.9 Å². The van der Waals surface area contributed by atoms with Crippen LogP contribution in [0.2, 0.25) is 0 Å². The standard InChI is InChI=1S/C72H65N4OSi.Pt/c1-70(2,3)51-40-41-73-68(45-51)76-65-39-37-61(78(58-28-16-11-17-29-58,59-30-18-12-19-31-59)60-32-20-13-21-33-60)48-64(65)63-38-36-57(47-67(63)76)77-56-27-22-26-55(46-56)74-49-75(54-24-14-10-15-25-54)69-62(34-23-35-66(69)74)50-42-52(71(4,5)6)44-53(43-50)72(7,8)9;/h10-45,48-49H,1-9H3;/q-3;. The number of aromatic nitrogens is 2. The molecule has 0 spiro atoms. The molecule has 0 aliphatic carbocycles. The van der Waals surface area contributed by atoms with E-state index in [2.05, 4.69) is 296 Å². The van der Waals surface area contributed by atoms with Crippen molar-refractivity contribution in [2.75, 3.05) is 9.80 Å². The second kappa shape index (κ2) is 20.8. The van der Waals surface area contributed by atoms with Crippen molar-refractivity contribution in [2.24, 2.45) is 0 Å². The number of fused-ring (bicyclic) bond motifs is 4. The molecule has 0 amide bonds. The number of para-hydroxylation sites is 2. The number of anilines is 4. The molecule has 0 saturated heterocycles. The second-order valence-corrected chi connectivity index (χ2v) is 27.6. The van der Waals surface area contributed by atoms with Crippen molar-refractivity contribution in [1.29, 1.82) is 0 Å². The summed E-state index contributed by atoms with van der Waals surface area (Å²) >= 11 is 0. The summed E-state index contributed by atoms with van der Waals surface area (Å²) in [5, 5.41) is 7.48. The van der Waals surface area contributed by atoms with Gasteiger partial charge in [0.25, 0.3) is 0 Å². The van der Waals surface area contributed by atoms with E-state index in [-0.39, 0.29) is 37.3 Å². The number of rotatable bonds is 10. The van der Waals surface area contributed by atoms with Crippen molar-refractivity contribution in [3.05, 3.63) is 260 Å². The normalized spacial score (nSPS) is 12.9. The number of nitrogens with zero attached hydrogens (tertiary/aromatic N) is 4. The van der Waals surface area contributed by atoms with Crippen LogP contribution in [0.25, 0.3) is 38.8 Å². The molecule has 9 aromatic carbocycles. The summed E-state index contributed by atoms with van der Waals surface area (Å²) in [5.74, 6) is 2.00. The van der Waals surface area contributed by atoms with E-state index in [1.807, 2.05) is 24.4 Å². The third-order valence-electron chi connectivity index (χ3n) is 15.5. The fraction of sp³-hybridized carbons (Fsp3) is 0.167. The van der Waals surface area contributed by atoms with Gasteiger partial charge in [-0.15, -0.1) is 48.1 Å². The minimum absolute atomic E-state index is 0. The summed E-state index contributed by atoms with van der Waals surface area (Å²) in [7, 11) is -2.85. The van der Waals surface area contributed by atoms with Gasteiger partial charge in [0.2, 0.25) is 0 Å². The first-order chi connectivity index (χ1) is 37.6. The molecule has 396 valence electrons. The van der Waals surface area contributed by atoms with E-state index < -0.39 is 8.07 Å². The predicted molar refractivity (Wildman–Crippen MR) is 329 cm³/mol. The monoisotopic (exact) mass is 1220 g/mol. The van der Waals surface area contributed by atoms with Crippen LogP contribution in [0.4, 0.5) is 22.7 Å². The third kappa shape index (κ3) is 9.85. The average Bonchev–Trinajstić information content (AvgIpc) is 4.27. The van der Waals surface area contributed by atoms with Gasteiger partial charge in [-0.05, 0) is 101 Å². The van der Waals surface area contributed by atoms with E-state index in [4.69, 9.17) is 9.72 Å². The maximum atomic E-state index is 6.89. The fourth-order valence-corrected chi connectivity index (χ4v) is 16.1. The Morgan fingerprint density at radius 3 is 1.63 bits per heavy atom. The van der Waals surface area contributed by atoms with Crippen LogP contribution in [0.5, 0.6) is 11.5 Å². The number of pyridine rings is 1. The van der Waals surface area contributed by atoms with Crippen LogP contribution in [0.1, 0.15) is 79.0 Å². The van der Waals surface area contributed by atoms with Crippen molar-refractivity contribution < 1.29 is 25.8 Å². The molecule has 1 aliphatic heterocycles. The molecular formula is C72H65N4OPtSi-3. The first-order valence-electron chi connectivity index (χ1n) is 27.2. The van der Waals surface area contributed by atoms with Crippen LogP contribution in [0.15, 0.2) is 225 Å². The van der Waals surface area contributed by atoms with Crippen molar-refractivity contribution in [3.63, 3.8) is 0 Å². The first-order valence-corrected chi connectivity index (χ1v) is 29.2. The predicted octanol–water partition coefficient (Wildman–Crippen LogP) is 15.9. The maximum absolute atomic E-state index is 6.89. The molecule has 3 heterocycles. The molecule has 0 saturated carbocycles. The average molecular weight is 1230 g/mol. The molecule has 0 fully saturated rings. The van der Waals surface area contributed by atoms with E-state index in [0.29, 0.717) is 11.5 Å². The van der Waals surface area contributed by atoms with Crippen LogP contribution in [0, 0.1) is 18.8 Å². The Kier molecular flexibility index (Phi) is 14.0. The molecule has 12 rings (SSSR count). The molecule has 0 unspecified atom stereocenters. The molecule has 0 bridgehead atoms. The summed E-state index contributed by atoms with van der Waals surface area (Å²) in [5.41, 5.74) is 12.1. The number of hydrogen-bond acceptors (Lipinski definition) is 4. The molecule has 11 aromatic rings. The Bertz CT molecular complexity index is 3860.